The lowest BCUT2D eigenvalue weighted by atomic mass is 9.85. The van der Waals surface area contributed by atoms with Crippen molar-refractivity contribution < 1.29 is 33.5 Å². The van der Waals surface area contributed by atoms with Crippen LogP contribution in [0.1, 0.15) is 86.1 Å². The van der Waals surface area contributed by atoms with E-state index in [9.17, 15) is 29.1 Å². The highest BCUT2D eigenvalue weighted by Crippen LogP contribution is 2.41. The average molecular weight is 1000 g/mol. The minimum atomic E-state index is -1.02. The van der Waals surface area contributed by atoms with E-state index in [1.54, 1.807) is 73.2 Å². The van der Waals surface area contributed by atoms with Gasteiger partial charge in [0, 0.05) is 101 Å². The van der Waals surface area contributed by atoms with Crippen molar-refractivity contribution >= 4 is 58.0 Å². The third-order valence-electron chi connectivity index (χ3n) is 13.5. The first-order chi connectivity index (χ1) is 34.6. The summed E-state index contributed by atoms with van der Waals surface area (Å²) in [6.45, 7) is 10.3. The van der Waals surface area contributed by atoms with E-state index in [0.29, 0.717) is 56.7 Å². The fourth-order valence-electron chi connectivity index (χ4n) is 9.19. The van der Waals surface area contributed by atoms with Crippen molar-refractivity contribution in [2.45, 2.75) is 90.4 Å². The maximum atomic E-state index is 15.7. The van der Waals surface area contributed by atoms with Gasteiger partial charge in [0.2, 0.25) is 23.6 Å². The van der Waals surface area contributed by atoms with Gasteiger partial charge in [-0.3, -0.25) is 38.4 Å². The average Bonchev–Trinajstić information content (AvgIpc) is 3.68. The summed E-state index contributed by atoms with van der Waals surface area (Å²) in [4.78, 5) is 87.1. The number of benzene rings is 2. The molecule has 6 N–H and O–H groups in total. The standard InChI is InChI=1S/C51H60FN13O6S/c1-30-44(72-29-56-30)33-7-5-31(6-8-33)23-55-48(69)40-22-36(66)27-65(40)50(71)45(51(2,3)4)61-43(68)14-13-42(67)53-15-16-62-17-19-63(20-18-62)49(70)34-11-12-38(37(52)21-34)59-46-47-54-26-41(35-24-57-58-25-35)64(47)28-39(60-46)32-9-10-32/h5-8,11-12,21,24-26,28-29,32,36,40,45,66H,9-10,13-20,22-23,27H2,1-4H3,(H,53,67)(H,55,69)(H,57,58)(H,59,60)(H,61,68)/t36-,40+,45-/m1/s1. The maximum absolute atomic E-state index is 15.7. The first-order valence-corrected chi connectivity index (χ1v) is 25.2. The van der Waals surface area contributed by atoms with E-state index in [4.69, 9.17) is 4.98 Å². The second-order valence-corrected chi connectivity index (χ2v) is 20.7. The number of rotatable bonds is 17. The molecule has 19 nitrogen and oxygen atoms in total. The molecule has 4 aromatic heterocycles. The number of carbonyl (C=O) groups is 5. The molecule has 0 radical (unpaired) electrons. The van der Waals surface area contributed by atoms with Crippen LogP contribution in [0.25, 0.3) is 27.3 Å². The van der Waals surface area contributed by atoms with Crippen LogP contribution in [0.3, 0.4) is 0 Å². The van der Waals surface area contributed by atoms with Gasteiger partial charge in [-0.25, -0.2) is 19.3 Å². The van der Waals surface area contributed by atoms with Gasteiger partial charge in [-0.1, -0.05) is 45.0 Å². The summed E-state index contributed by atoms with van der Waals surface area (Å²) in [7, 11) is 0. The van der Waals surface area contributed by atoms with E-state index >= 15 is 4.39 Å². The second kappa shape index (κ2) is 21.3. The van der Waals surface area contributed by atoms with E-state index in [0.717, 1.165) is 51.5 Å². The van der Waals surface area contributed by atoms with Gasteiger partial charge in [0.15, 0.2) is 11.5 Å². The van der Waals surface area contributed by atoms with Crippen molar-refractivity contribution in [2.75, 3.05) is 51.1 Å². The molecule has 1 saturated carbocycles. The summed E-state index contributed by atoms with van der Waals surface area (Å²) in [6.07, 6.45) is 8.16. The predicted octanol–water partition coefficient (Wildman–Crippen LogP) is 4.77. The number of imidazole rings is 1. The Labute approximate surface area is 420 Å². The van der Waals surface area contributed by atoms with Crippen molar-refractivity contribution in [2.24, 2.45) is 5.41 Å². The normalized spacial score (nSPS) is 17.8. The molecule has 2 saturated heterocycles. The number of aliphatic hydroxyl groups excluding tert-OH is 1. The fourth-order valence-corrected chi connectivity index (χ4v) is 10.00. The van der Waals surface area contributed by atoms with Gasteiger partial charge in [0.1, 0.15) is 17.9 Å². The monoisotopic (exact) mass is 1000 g/mol. The molecule has 0 unspecified atom stereocenters. The van der Waals surface area contributed by atoms with E-state index in [-0.39, 0.29) is 55.4 Å². The highest BCUT2D eigenvalue weighted by atomic mass is 32.1. The van der Waals surface area contributed by atoms with Crippen LogP contribution in [-0.2, 0) is 25.7 Å². The van der Waals surface area contributed by atoms with Crippen molar-refractivity contribution in [3.63, 3.8) is 0 Å². The molecule has 0 spiro atoms. The van der Waals surface area contributed by atoms with Gasteiger partial charge in [0.25, 0.3) is 5.91 Å². The number of thiazole rings is 1. The van der Waals surface area contributed by atoms with E-state index < -0.39 is 47.1 Å². The van der Waals surface area contributed by atoms with Gasteiger partial charge in [-0.2, -0.15) is 5.10 Å². The van der Waals surface area contributed by atoms with Crippen molar-refractivity contribution in [1.82, 2.24) is 60.2 Å². The van der Waals surface area contributed by atoms with Gasteiger partial charge < -0.3 is 36.2 Å². The Morgan fingerprint density at radius 2 is 1.71 bits per heavy atom. The number of aromatic nitrogens is 6. The Balaban J connectivity index is 0.703. The molecule has 72 heavy (non-hydrogen) atoms. The van der Waals surface area contributed by atoms with Crippen LogP contribution in [0.4, 0.5) is 15.9 Å². The Kier molecular flexibility index (Phi) is 14.8. The van der Waals surface area contributed by atoms with E-state index in [2.05, 4.69) is 46.3 Å². The molecule has 5 amide bonds. The molecule has 3 aliphatic rings. The number of nitrogens with zero attached hydrogens (tertiary/aromatic N) is 8. The number of aromatic amines is 1. The number of amides is 5. The molecular formula is C51H60FN13O6S. The molecule has 2 aromatic carbocycles. The molecule has 9 rings (SSSR count). The quantitative estimate of drug-likeness (QED) is 0.0725. The van der Waals surface area contributed by atoms with Crippen LogP contribution < -0.4 is 21.3 Å². The van der Waals surface area contributed by atoms with Gasteiger partial charge in [-0.15, -0.1) is 11.3 Å². The number of carbonyl (C=O) groups excluding carboxylic acids is 5. The van der Waals surface area contributed by atoms with Gasteiger partial charge in [-0.05, 0) is 54.5 Å². The molecule has 378 valence electrons. The summed E-state index contributed by atoms with van der Waals surface area (Å²) in [5, 5.41) is 29.2. The molecule has 3 atom stereocenters. The SMILES string of the molecule is Cc1ncsc1-c1ccc(CNC(=O)[C@@H]2C[C@@H](O)CN2C(=O)[C@@H](NC(=O)CCC(=O)NCCN2CCN(C(=O)c3ccc(Nc4nc(C5CC5)cn5c(-c6cn[nH]c6)cnc45)c(F)c3)CC2)C(C)(C)C)cc1. The number of halogens is 1. The number of piperazine rings is 1. The molecule has 6 heterocycles. The molecule has 6 aromatic rings. The number of aryl methyl sites for hydroxylation is 1. The zero-order valence-corrected chi connectivity index (χ0v) is 41.6. The van der Waals surface area contributed by atoms with Crippen molar-refractivity contribution in [3.8, 4) is 21.7 Å². The highest BCUT2D eigenvalue weighted by molar-refractivity contribution is 7.13. The molecule has 21 heteroatoms. The Bertz CT molecular complexity index is 2940. The van der Waals surface area contributed by atoms with Crippen LogP contribution in [0.15, 0.2) is 72.8 Å². The minimum Gasteiger partial charge on any atom is -0.391 e. The molecular weight excluding hydrogens is 942 g/mol. The summed E-state index contributed by atoms with van der Waals surface area (Å²) in [5.41, 5.74) is 7.42. The lowest BCUT2D eigenvalue weighted by molar-refractivity contribution is -0.144. The number of β-amino-alcohol motifs (C(OH)–C–C–N with tert-alkyl or cyclic N) is 1. The predicted molar refractivity (Wildman–Crippen MR) is 268 cm³/mol. The third-order valence-corrected chi connectivity index (χ3v) is 14.4. The zero-order valence-electron chi connectivity index (χ0n) is 40.8. The largest absolute Gasteiger partial charge is 0.391 e. The number of anilines is 2. The van der Waals surface area contributed by atoms with Gasteiger partial charge in [0.05, 0.1) is 51.7 Å². The van der Waals surface area contributed by atoms with E-state index in [1.807, 2.05) is 41.8 Å². The molecule has 2 aliphatic heterocycles. The van der Waals surface area contributed by atoms with Crippen LogP contribution in [0, 0.1) is 18.2 Å². The number of aliphatic hydroxyl groups is 1. The zero-order chi connectivity index (χ0) is 50.7. The highest BCUT2D eigenvalue weighted by Gasteiger charge is 2.44. The number of hydrogen-bond donors (Lipinski definition) is 6. The Morgan fingerprint density at radius 1 is 0.944 bits per heavy atom. The molecule has 3 fully saturated rings. The number of fused-ring (bicyclic) bond motifs is 1. The second-order valence-electron chi connectivity index (χ2n) is 19.9. The van der Waals surface area contributed by atoms with Crippen LogP contribution >= 0.6 is 11.3 Å². The lowest BCUT2D eigenvalue weighted by Gasteiger charge is -2.35. The lowest BCUT2D eigenvalue weighted by Crippen LogP contribution is -2.57. The van der Waals surface area contributed by atoms with Crippen LogP contribution in [-0.4, -0.2) is 143 Å². The number of nitrogens with one attached hydrogen (secondary N) is 5. The van der Waals surface area contributed by atoms with Crippen LogP contribution in [0.5, 0.6) is 0 Å². The van der Waals surface area contributed by atoms with Crippen molar-refractivity contribution in [1.29, 1.82) is 0 Å². The van der Waals surface area contributed by atoms with Crippen LogP contribution in [0.2, 0.25) is 0 Å². The first kappa shape index (κ1) is 49.9. The smallest absolute Gasteiger partial charge is 0.254 e. The molecule has 0 bridgehead atoms. The first-order valence-electron chi connectivity index (χ1n) is 24.4. The summed E-state index contributed by atoms with van der Waals surface area (Å²) < 4.78 is 17.6. The summed E-state index contributed by atoms with van der Waals surface area (Å²) >= 11 is 1.56. The summed E-state index contributed by atoms with van der Waals surface area (Å²) in [5.74, 6) is -1.83. The fraction of sp³-hybridized carbons (Fsp3) is 0.431. The Hall–Kier alpha value is -7.10. The molecule has 1 aliphatic carbocycles. The van der Waals surface area contributed by atoms with Gasteiger partial charge >= 0.3 is 0 Å². The Morgan fingerprint density at radius 3 is 2.39 bits per heavy atom. The third kappa shape index (κ3) is 11.5. The minimum absolute atomic E-state index is 0.0526. The number of hydrogen-bond acceptors (Lipinski definition) is 13. The number of likely N-dealkylation sites (tertiary alicyclic amines) is 1. The topological polar surface area (TPSA) is 235 Å². The summed E-state index contributed by atoms with van der Waals surface area (Å²) in [6, 6.07) is 10.2. The van der Waals surface area contributed by atoms with E-state index in [1.165, 1.54) is 11.0 Å². The maximum Gasteiger partial charge on any atom is 0.254 e. The number of H-pyrrole nitrogens is 1. The van der Waals surface area contributed by atoms with Crippen molar-refractivity contribution in [3.05, 3.63) is 101 Å².